The molecule has 1 amide bonds. The number of piperidine rings is 1. The standard InChI is InChI=1S/C15H18N2O5/c1-10-8-12(2-3-13(10)17(21)22)15(20)16-6-4-11(5-7-16)9-14(18)19/h2-3,8,11H,4-7,9H2,1H3,(H,18,19). The van der Waals surface area contributed by atoms with Crippen LogP contribution in [-0.2, 0) is 4.79 Å². The van der Waals surface area contributed by atoms with E-state index in [-0.39, 0.29) is 23.9 Å². The molecule has 0 aromatic heterocycles. The van der Waals surface area contributed by atoms with Crippen LogP contribution in [0.3, 0.4) is 0 Å². The van der Waals surface area contributed by atoms with E-state index in [0.29, 0.717) is 37.1 Å². The highest BCUT2D eigenvalue weighted by Gasteiger charge is 2.25. The number of aliphatic carboxylic acids is 1. The summed E-state index contributed by atoms with van der Waals surface area (Å²) in [5, 5.41) is 19.6. The smallest absolute Gasteiger partial charge is 0.303 e. The molecule has 1 N–H and O–H groups in total. The number of likely N-dealkylation sites (tertiary alicyclic amines) is 1. The fraction of sp³-hybridized carbons (Fsp3) is 0.467. The number of aryl methyl sites for hydroxylation is 1. The van der Waals surface area contributed by atoms with E-state index >= 15 is 0 Å². The third-order valence-electron chi connectivity index (χ3n) is 4.01. The summed E-state index contributed by atoms with van der Waals surface area (Å²) >= 11 is 0. The van der Waals surface area contributed by atoms with Crippen LogP contribution in [0.2, 0.25) is 0 Å². The van der Waals surface area contributed by atoms with Gasteiger partial charge in [-0.3, -0.25) is 19.7 Å². The summed E-state index contributed by atoms with van der Waals surface area (Å²) in [5.41, 5.74) is 0.883. The van der Waals surface area contributed by atoms with Crippen molar-refractivity contribution < 1.29 is 19.6 Å². The van der Waals surface area contributed by atoms with Crippen LogP contribution in [0.4, 0.5) is 5.69 Å². The Morgan fingerprint density at radius 3 is 2.50 bits per heavy atom. The van der Waals surface area contributed by atoms with E-state index in [1.54, 1.807) is 11.8 Å². The van der Waals surface area contributed by atoms with Gasteiger partial charge in [-0.15, -0.1) is 0 Å². The Hall–Kier alpha value is -2.44. The average molecular weight is 306 g/mol. The summed E-state index contributed by atoms with van der Waals surface area (Å²) in [6.45, 7) is 2.65. The van der Waals surface area contributed by atoms with Crippen LogP contribution in [0.1, 0.15) is 35.2 Å². The van der Waals surface area contributed by atoms with Crippen LogP contribution in [0, 0.1) is 23.0 Å². The highest BCUT2D eigenvalue weighted by Crippen LogP contribution is 2.24. The first-order chi connectivity index (χ1) is 10.4. The minimum Gasteiger partial charge on any atom is -0.481 e. The van der Waals surface area contributed by atoms with Gasteiger partial charge in [0.1, 0.15) is 0 Å². The van der Waals surface area contributed by atoms with Gasteiger partial charge in [0.2, 0.25) is 0 Å². The molecule has 1 saturated heterocycles. The van der Waals surface area contributed by atoms with Crippen molar-refractivity contribution in [2.45, 2.75) is 26.2 Å². The first-order valence-corrected chi connectivity index (χ1v) is 7.14. The molecule has 0 aliphatic carbocycles. The van der Waals surface area contributed by atoms with Gasteiger partial charge in [-0.25, -0.2) is 0 Å². The van der Waals surface area contributed by atoms with Gasteiger partial charge in [-0.05, 0) is 37.8 Å². The lowest BCUT2D eigenvalue weighted by Gasteiger charge is -2.31. The zero-order valence-corrected chi connectivity index (χ0v) is 12.3. The highest BCUT2D eigenvalue weighted by atomic mass is 16.6. The third-order valence-corrected chi connectivity index (χ3v) is 4.01. The van der Waals surface area contributed by atoms with E-state index in [1.807, 2.05) is 0 Å². The summed E-state index contributed by atoms with van der Waals surface area (Å²) in [4.78, 5) is 35.1. The topological polar surface area (TPSA) is 101 Å². The summed E-state index contributed by atoms with van der Waals surface area (Å²) in [6, 6.07) is 4.35. The number of nitrogens with zero attached hydrogens (tertiary/aromatic N) is 2. The Balaban J connectivity index is 2.02. The second kappa shape index (κ2) is 6.55. The van der Waals surface area contributed by atoms with Gasteiger partial charge in [0.15, 0.2) is 0 Å². The summed E-state index contributed by atoms with van der Waals surface area (Å²) in [7, 11) is 0. The highest BCUT2D eigenvalue weighted by molar-refractivity contribution is 5.94. The molecular formula is C15H18N2O5. The SMILES string of the molecule is Cc1cc(C(=O)N2CCC(CC(=O)O)CC2)ccc1[N+](=O)[O-]. The maximum atomic E-state index is 12.4. The molecular weight excluding hydrogens is 288 g/mol. The van der Waals surface area contributed by atoms with Crippen molar-refractivity contribution in [3.8, 4) is 0 Å². The number of hydrogen-bond acceptors (Lipinski definition) is 4. The van der Waals surface area contributed by atoms with Gasteiger partial charge in [-0.1, -0.05) is 0 Å². The van der Waals surface area contributed by atoms with Crippen molar-refractivity contribution in [2.75, 3.05) is 13.1 Å². The number of nitro benzene ring substituents is 1. The predicted octanol–water partition coefficient (Wildman–Crippen LogP) is 2.23. The number of rotatable bonds is 4. The van der Waals surface area contributed by atoms with Crippen molar-refractivity contribution in [3.63, 3.8) is 0 Å². The minimum absolute atomic E-state index is 0.00304. The van der Waals surface area contributed by atoms with Crippen LogP contribution in [0.5, 0.6) is 0 Å². The molecule has 1 aliphatic rings. The van der Waals surface area contributed by atoms with Crippen LogP contribution in [0.25, 0.3) is 0 Å². The van der Waals surface area contributed by atoms with Crippen LogP contribution < -0.4 is 0 Å². The summed E-state index contributed by atoms with van der Waals surface area (Å²) in [5.74, 6) is -0.859. The number of amides is 1. The zero-order chi connectivity index (χ0) is 16.3. The third kappa shape index (κ3) is 3.60. The van der Waals surface area contributed by atoms with Crippen molar-refractivity contribution in [1.29, 1.82) is 0 Å². The maximum Gasteiger partial charge on any atom is 0.303 e. The van der Waals surface area contributed by atoms with E-state index in [4.69, 9.17) is 5.11 Å². The number of hydrogen-bond donors (Lipinski definition) is 1. The molecule has 1 aliphatic heterocycles. The fourth-order valence-corrected chi connectivity index (χ4v) is 2.76. The lowest BCUT2D eigenvalue weighted by molar-refractivity contribution is -0.385. The molecule has 0 spiro atoms. The molecule has 1 aromatic rings. The van der Waals surface area contributed by atoms with E-state index in [1.165, 1.54) is 18.2 Å². The number of carbonyl (C=O) groups is 2. The Bertz CT molecular complexity index is 606. The first kappa shape index (κ1) is 15.9. The largest absolute Gasteiger partial charge is 0.481 e. The van der Waals surface area contributed by atoms with E-state index in [2.05, 4.69) is 0 Å². The number of benzene rings is 1. The van der Waals surface area contributed by atoms with E-state index in [9.17, 15) is 19.7 Å². The fourth-order valence-electron chi connectivity index (χ4n) is 2.76. The molecule has 0 unspecified atom stereocenters. The number of nitro groups is 1. The Morgan fingerprint density at radius 2 is 2.00 bits per heavy atom. The lowest BCUT2D eigenvalue weighted by atomic mass is 9.93. The molecule has 1 fully saturated rings. The Kier molecular flexibility index (Phi) is 4.75. The van der Waals surface area contributed by atoms with Gasteiger partial charge < -0.3 is 10.0 Å². The van der Waals surface area contributed by atoms with Crippen molar-refractivity contribution in [1.82, 2.24) is 4.90 Å². The maximum absolute atomic E-state index is 12.4. The Labute approximate surface area is 127 Å². The lowest BCUT2D eigenvalue weighted by Crippen LogP contribution is -2.38. The quantitative estimate of drug-likeness (QED) is 0.679. The number of carboxylic acids is 1. The first-order valence-electron chi connectivity index (χ1n) is 7.14. The molecule has 1 heterocycles. The average Bonchev–Trinajstić information content (AvgIpc) is 2.46. The van der Waals surface area contributed by atoms with Gasteiger partial charge in [0.25, 0.3) is 11.6 Å². The molecule has 7 nitrogen and oxygen atoms in total. The van der Waals surface area contributed by atoms with Gasteiger partial charge in [-0.2, -0.15) is 0 Å². The molecule has 0 bridgehead atoms. The second-order valence-electron chi connectivity index (χ2n) is 5.59. The molecule has 2 rings (SSSR count). The van der Waals surface area contributed by atoms with Crippen LogP contribution >= 0.6 is 0 Å². The molecule has 1 aromatic carbocycles. The molecule has 118 valence electrons. The van der Waals surface area contributed by atoms with Gasteiger partial charge in [0, 0.05) is 36.7 Å². The molecule has 0 saturated carbocycles. The summed E-state index contributed by atoms with van der Waals surface area (Å²) < 4.78 is 0. The predicted molar refractivity (Wildman–Crippen MR) is 78.7 cm³/mol. The number of carboxylic acid groups (broad SMARTS) is 1. The minimum atomic E-state index is -0.809. The van der Waals surface area contributed by atoms with E-state index in [0.717, 1.165) is 0 Å². The van der Waals surface area contributed by atoms with E-state index < -0.39 is 10.9 Å². The van der Waals surface area contributed by atoms with Crippen LogP contribution in [0.15, 0.2) is 18.2 Å². The molecule has 0 radical (unpaired) electrons. The van der Waals surface area contributed by atoms with Crippen molar-refractivity contribution in [2.24, 2.45) is 5.92 Å². The molecule has 0 atom stereocenters. The van der Waals surface area contributed by atoms with Crippen molar-refractivity contribution >= 4 is 17.6 Å². The normalized spacial score (nSPS) is 15.6. The summed E-state index contributed by atoms with van der Waals surface area (Å²) in [6.07, 6.45) is 1.48. The Morgan fingerprint density at radius 1 is 1.36 bits per heavy atom. The second-order valence-corrected chi connectivity index (χ2v) is 5.59. The molecule has 22 heavy (non-hydrogen) atoms. The van der Waals surface area contributed by atoms with Gasteiger partial charge in [0.05, 0.1) is 4.92 Å². The van der Waals surface area contributed by atoms with Crippen molar-refractivity contribution in [3.05, 3.63) is 39.4 Å². The van der Waals surface area contributed by atoms with Gasteiger partial charge >= 0.3 is 5.97 Å². The monoisotopic (exact) mass is 306 g/mol. The van der Waals surface area contributed by atoms with Crippen LogP contribution in [-0.4, -0.2) is 39.9 Å². The number of carbonyl (C=O) groups excluding carboxylic acids is 1. The zero-order valence-electron chi connectivity index (χ0n) is 12.3. The molecule has 7 heteroatoms.